The number of amides is 1. The van der Waals surface area contributed by atoms with Gasteiger partial charge < -0.3 is 10.1 Å². The van der Waals surface area contributed by atoms with Gasteiger partial charge in [-0.2, -0.15) is 0 Å². The monoisotopic (exact) mass is 409 g/mol. The number of nitrogens with one attached hydrogen (secondary N) is 1. The smallest absolute Gasteiger partial charge is 0.338 e. The summed E-state index contributed by atoms with van der Waals surface area (Å²) in [5.74, 6) is -1.31. The van der Waals surface area contributed by atoms with Crippen LogP contribution in [0.15, 0.2) is 41.3 Å². The summed E-state index contributed by atoms with van der Waals surface area (Å²) < 4.78 is 28.6. The summed E-state index contributed by atoms with van der Waals surface area (Å²) in [6.45, 7) is 5.24. The van der Waals surface area contributed by atoms with E-state index in [0.29, 0.717) is 5.69 Å². The summed E-state index contributed by atoms with van der Waals surface area (Å²) in [5, 5.41) is 2.71. The molecule has 0 aliphatic heterocycles. The molecule has 1 N–H and O–H groups in total. The van der Waals surface area contributed by atoms with E-state index in [2.05, 4.69) is 5.32 Å². The molecule has 0 bridgehead atoms. The van der Waals surface area contributed by atoms with E-state index in [1.54, 1.807) is 6.07 Å². The molecular weight excluding hydrogens is 390 g/mol. The van der Waals surface area contributed by atoms with Crippen molar-refractivity contribution < 1.29 is 22.7 Å². The second-order valence-corrected chi connectivity index (χ2v) is 8.66. The molecule has 27 heavy (non-hydrogen) atoms. The van der Waals surface area contributed by atoms with E-state index in [1.165, 1.54) is 19.1 Å². The van der Waals surface area contributed by atoms with Gasteiger partial charge in [0.25, 0.3) is 5.91 Å². The summed E-state index contributed by atoms with van der Waals surface area (Å²) in [5.41, 5.74) is 2.57. The summed E-state index contributed by atoms with van der Waals surface area (Å²) in [6, 6.07) is 9.33. The van der Waals surface area contributed by atoms with Crippen molar-refractivity contribution in [1.82, 2.24) is 0 Å². The van der Waals surface area contributed by atoms with Crippen molar-refractivity contribution in [3.05, 3.63) is 58.1 Å². The molecule has 2 aromatic rings. The Labute approximate surface area is 163 Å². The molecule has 6 nitrogen and oxygen atoms in total. The molecule has 0 aliphatic rings. The van der Waals surface area contributed by atoms with Crippen LogP contribution in [0.3, 0.4) is 0 Å². The largest absolute Gasteiger partial charge is 0.449 e. The Kier molecular flexibility index (Phi) is 6.28. The lowest BCUT2D eigenvalue weighted by molar-refractivity contribution is -0.123. The Morgan fingerprint density at radius 1 is 1.11 bits per heavy atom. The van der Waals surface area contributed by atoms with Crippen molar-refractivity contribution in [2.45, 2.75) is 31.8 Å². The number of ether oxygens (including phenoxy) is 1. The second-order valence-electron chi connectivity index (χ2n) is 6.27. The number of sulfone groups is 1. The summed E-state index contributed by atoms with van der Waals surface area (Å²) in [4.78, 5) is 24.4. The normalized spacial score (nSPS) is 12.3. The number of aryl methyl sites for hydroxylation is 2. The zero-order valence-electron chi connectivity index (χ0n) is 15.4. The SMILES string of the molecule is Cc1ccc(NC(=O)C(C)OC(=O)c2ccc(Cl)c(S(C)(=O)=O)c2)c(C)c1. The molecule has 0 aromatic heterocycles. The number of hydrogen-bond acceptors (Lipinski definition) is 5. The van der Waals surface area contributed by atoms with Gasteiger partial charge in [-0.3, -0.25) is 4.79 Å². The first-order chi connectivity index (χ1) is 12.5. The quantitative estimate of drug-likeness (QED) is 0.763. The molecule has 0 saturated heterocycles. The highest BCUT2D eigenvalue weighted by Gasteiger charge is 2.22. The van der Waals surface area contributed by atoms with Crippen LogP contribution >= 0.6 is 11.6 Å². The third-order valence-electron chi connectivity index (χ3n) is 3.86. The van der Waals surface area contributed by atoms with Crippen LogP contribution in [0.2, 0.25) is 5.02 Å². The van der Waals surface area contributed by atoms with Crippen molar-refractivity contribution in [3.63, 3.8) is 0 Å². The molecule has 0 radical (unpaired) electrons. The number of benzene rings is 2. The minimum Gasteiger partial charge on any atom is -0.449 e. The predicted molar refractivity (Wildman–Crippen MR) is 104 cm³/mol. The standard InChI is InChI=1S/C19H20ClNO5S/c1-11-5-8-16(12(2)9-11)21-18(22)13(3)26-19(23)14-6-7-15(20)17(10-14)27(4,24)25/h5-10,13H,1-4H3,(H,21,22). The van der Waals surface area contributed by atoms with Gasteiger partial charge in [-0.25, -0.2) is 13.2 Å². The summed E-state index contributed by atoms with van der Waals surface area (Å²) >= 11 is 5.86. The van der Waals surface area contributed by atoms with E-state index in [9.17, 15) is 18.0 Å². The first-order valence-corrected chi connectivity index (χ1v) is 10.3. The fraction of sp³-hybridized carbons (Fsp3) is 0.263. The van der Waals surface area contributed by atoms with Gasteiger partial charge >= 0.3 is 5.97 Å². The van der Waals surface area contributed by atoms with Crippen LogP contribution < -0.4 is 5.32 Å². The van der Waals surface area contributed by atoms with E-state index in [4.69, 9.17) is 16.3 Å². The Hall–Kier alpha value is -2.38. The number of carbonyl (C=O) groups excluding carboxylic acids is 2. The van der Waals surface area contributed by atoms with Crippen LogP contribution in [0.4, 0.5) is 5.69 Å². The van der Waals surface area contributed by atoms with Crippen LogP contribution in [-0.4, -0.2) is 32.7 Å². The van der Waals surface area contributed by atoms with Crippen molar-refractivity contribution >= 4 is 39.0 Å². The van der Waals surface area contributed by atoms with Gasteiger partial charge in [0.1, 0.15) is 0 Å². The molecule has 1 atom stereocenters. The average Bonchev–Trinajstić information content (AvgIpc) is 2.56. The Morgan fingerprint density at radius 3 is 2.37 bits per heavy atom. The Balaban J connectivity index is 2.12. The molecule has 0 saturated carbocycles. The van der Waals surface area contributed by atoms with Gasteiger partial charge in [-0.1, -0.05) is 29.3 Å². The lowest BCUT2D eigenvalue weighted by atomic mass is 10.1. The minimum atomic E-state index is -3.60. The first kappa shape index (κ1) is 20.9. The van der Waals surface area contributed by atoms with Gasteiger partial charge in [0, 0.05) is 11.9 Å². The number of anilines is 1. The molecule has 0 heterocycles. The van der Waals surface area contributed by atoms with Gasteiger partial charge in [-0.15, -0.1) is 0 Å². The number of halogens is 1. The lowest BCUT2D eigenvalue weighted by Crippen LogP contribution is -2.30. The summed E-state index contributed by atoms with van der Waals surface area (Å²) in [7, 11) is -3.60. The van der Waals surface area contributed by atoms with Crippen LogP contribution in [0.5, 0.6) is 0 Å². The van der Waals surface area contributed by atoms with Gasteiger partial charge in [0.15, 0.2) is 15.9 Å². The number of carbonyl (C=O) groups is 2. The third kappa shape index (κ3) is 5.30. The zero-order chi connectivity index (χ0) is 20.4. The van der Waals surface area contributed by atoms with Gasteiger partial charge in [0.2, 0.25) is 0 Å². The molecule has 8 heteroatoms. The molecule has 0 fully saturated rings. The average molecular weight is 410 g/mol. The minimum absolute atomic E-state index is 0.00834. The van der Waals surface area contributed by atoms with E-state index in [0.717, 1.165) is 23.4 Å². The molecule has 144 valence electrons. The molecule has 1 amide bonds. The third-order valence-corrected chi connectivity index (χ3v) is 5.44. The molecule has 2 aromatic carbocycles. The van der Waals surface area contributed by atoms with Crippen LogP contribution in [0.1, 0.15) is 28.4 Å². The van der Waals surface area contributed by atoms with E-state index in [-0.39, 0.29) is 15.5 Å². The van der Waals surface area contributed by atoms with Crippen molar-refractivity contribution in [3.8, 4) is 0 Å². The molecule has 0 spiro atoms. The fourth-order valence-corrected chi connectivity index (χ4v) is 3.69. The highest BCUT2D eigenvalue weighted by molar-refractivity contribution is 7.90. The first-order valence-electron chi connectivity index (χ1n) is 8.07. The number of hydrogen-bond donors (Lipinski definition) is 1. The predicted octanol–water partition coefficient (Wildman–Crippen LogP) is 3.54. The van der Waals surface area contributed by atoms with Crippen LogP contribution in [-0.2, 0) is 19.4 Å². The van der Waals surface area contributed by atoms with E-state index >= 15 is 0 Å². The topological polar surface area (TPSA) is 89.5 Å². The maximum atomic E-state index is 12.3. The van der Waals surface area contributed by atoms with Gasteiger partial charge in [-0.05, 0) is 50.6 Å². The molecule has 1 unspecified atom stereocenters. The highest BCUT2D eigenvalue weighted by atomic mass is 35.5. The van der Waals surface area contributed by atoms with Gasteiger partial charge in [0.05, 0.1) is 15.5 Å². The number of esters is 1. The van der Waals surface area contributed by atoms with Crippen molar-refractivity contribution in [1.29, 1.82) is 0 Å². The fourth-order valence-electron chi connectivity index (χ4n) is 2.38. The lowest BCUT2D eigenvalue weighted by Gasteiger charge is -2.15. The zero-order valence-corrected chi connectivity index (χ0v) is 16.9. The number of rotatable bonds is 5. The molecule has 2 rings (SSSR count). The van der Waals surface area contributed by atoms with Crippen LogP contribution in [0, 0.1) is 13.8 Å². The van der Waals surface area contributed by atoms with Crippen molar-refractivity contribution in [2.75, 3.05) is 11.6 Å². The molecule has 0 aliphatic carbocycles. The van der Waals surface area contributed by atoms with Crippen LogP contribution in [0.25, 0.3) is 0 Å². The second kappa shape index (κ2) is 8.10. The highest BCUT2D eigenvalue weighted by Crippen LogP contribution is 2.23. The summed E-state index contributed by atoms with van der Waals surface area (Å²) in [6.07, 6.45) is -0.0842. The maximum absolute atomic E-state index is 12.3. The Morgan fingerprint density at radius 2 is 1.78 bits per heavy atom. The maximum Gasteiger partial charge on any atom is 0.338 e. The Bertz CT molecular complexity index is 1000. The molecular formula is C19H20ClNO5S. The van der Waals surface area contributed by atoms with E-state index < -0.39 is 27.8 Å². The van der Waals surface area contributed by atoms with E-state index in [1.807, 2.05) is 26.0 Å². The van der Waals surface area contributed by atoms with Crippen molar-refractivity contribution in [2.24, 2.45) is 0 Å².